The molecule has 0 atom stereocenters. The summed E-state index contributed by atoms with van der Waals surface area (Å²) in [5.41, 5.74) is 2.36. The first kappa shape index (κ1) is 17.1. The highest BCUT2D eigenvalue weighted by molar-refractivity contribution is 5.89. The van der Waals surface area contributed by atoms with Crippen LogP contribution in [-0.2, 0) is 10.2 Å². The van der Waals surface area contributed by atoms with Crippen molar-refractivity contribution in [2.24, 2.45) is 5.92 Å². The normalized spacial score (nSPS) is 19.2. The van der Waals surface area contributed by atoms with Gasteiger partial charge in [0.2, 0.25) is 0 Å². The molecule has 2 fully saturated rings. The molecule has 1 saturated carbocycles. The smallest absolute Gasteiger partial charge is 0.337 e. The molecule has 136 valence electrons. The van der Waals surface area contributed by atoms with Crippen LogP contribution in [0, 0.1) is 5.92 Å². The maximum absolute atomic E-state index is 11.6. The van der Waals surface area contributed by atoms with Crippen molar-refractivity contribution in [1.82, 2.24) is 4.98 Å². The summed E-state index contributed by atoms with van der Waals surface area (Å²) in [4.78, 5) is 18.5. The van der Waals surface area contributed by atoms with Gasteiger partial charge in [-0.3, -0.25) is 0 Å². The zero-order valence-corrected chi connectivity index (χ0v) is 15.4. The summed E-state index contributed by atoms with van der Waals surface area (Å²) >= 11 is 0. The number of esters is 1. The van der Waals surface area contributed by atoms with E-state index in [1.807, 2.05) is 24.4 Å². The number of methoxy groups -OCH3 is 1. The minimum absolute atomic E-state index is 0.261. The Balaban J connectivity index is 1.36. The fourth-order valence-electron chi connectivity index (χ4n) is 4.30. The first-order chi connectivity index (χ1) is 12.7. The van der Waals surface area contributed by atoms with Crippen LogP contribution in [0.5, 0.6) is 0 Å². The fourth-order valence-corrected chi connectivity index (χ4v) is 4.30. The van der Waals surface area contributed by atoms with Crippen LogP contribution in [0.15, 0.2) is 48.7 Å². The summed E-state index contributed by atoms with van der Waals surface area (Å²) in [7, 11) is 1.43. The number of hydrogen-bond acceptors (Lipinski definition) is 4. The Labute approximate surface area is 155 Å². The van der Waals surface area contributed by atoms with Crippen LogP contribution in [0.3, 0.4) is 0 Å². The number of pyridine rings is 1. The van der Waals surface area contributed by atoms with Crippen LogP contribution >= 0.6 is 0 Å². The van der Waals surface area contributed by atoms with Gasteiger partial charge < -0.3 is 9.64 Å². The number of carbonyl (C=O) groups excluding carboxylic acids is 1. The standard InChI is InChI=1S/C22H26N2O2/c1-26-21(25)18-5-7-19(8-6-18)22(11-12-22)16-17-9-14-24(15-10-17)20-4-2-3-13-23-20/h2-8,13,17H,9-12,14-16H2,1H3. The average Bonchev–Trinajstić information content (AvgIpc) is 3.49. The van der Waals surface area contributed by atoms with Crippen molar-refractivity contribution < 1.29 is 9.53 Å². The highest BCUT2D eigenvalue weighted by Crippen LogP contribution is 2.53. The number of hydrogen-bond donors (Lipinski definition) is 0. The lowest BCUT2D eigenvalue weighted by Gasteiger charge is -2.34. The quantitative estimate of drug-likeness (QED) is 0.758. The van der Waals surface area contributed by atoms with Gasteiger partial charge >= 0.3 is 5.97 Å². The molecule has 0 amide bonds. The largest absolute Gasteiger partial charge is 0.465 e. The predicted octanol–water partition coefficient (Wildman–Crippen LogP) is 4.21. The molecular weight excluding hydrogens is 324 g/mol. The van der Waals surface area contributed by atoms with E-state index in [0.717, 1.165) is 24.8 Å². The second-order valence-electron chi connectivity index (χ2n) is 7.67. The number of piperidine rings is 1. The monoisotopic (exact) mass is 350 g/mol. The van der Waals surface area contributed by atoms with Gasteiger partial charge in [-0.05, 0) is 73.3 Å². The summed E-state index contributed by atoms with van der Waals surface area (Å²) < 4.78 is 4.80. The van der Waals surface area contributed by atoms with Gasteiger partial charge in [0.25, 0.3) is 0 Å². The van der Waals surface area contributed by atoms with E-state index in [1.165, 1.54) is 44.8 Å². The molecule has 0 N–H and O–H groups in total. The predicted molar refractivity (Wildman–Crippen MR) is 102 cm³/mol. The molecule has 1 saturated heterocycles. The van der Waals surface area contributed by atoms with Crippen LogP contribution in [0.25, 0.3) is 0 Å². The Hall–Kier alpha value is -2.36. The molecule has 1 aromatic carbocycles. The topological polar surface area (TPSA) is 42.4 Å². The molecule has 1 aliphatic carbocycles. The maximum Gasteiger partial charge on any atom is 0.337 e. The van der Waals surface area contributed by atoms with Crippen LogP contribution in [-0.4, -0.2) is 31.2 Å². The first-order valence-electron chi connectivity index (χ1n) is 9.55. The number of anilines is 1. The molecule has 0 bridgehead atoms. The Morgan fingerprint density at radius 1 is 1.15 bits per heavy atom. The van der Waals surface area contributed by atoms with E-state index in [4.69, 9.17) is 4.74 Å². The molecule has 2 aromatic rings. The fraction of sp³-hybridized carbons (Fsp3) is 0.455. The Morgan fingerprint density at radius 2 is 1.88 bits per heavy atom. The van der Waals surface area contributed by atoms with E-state index in [-0.39, 0.29) is 5.97 Å². The number of carbonyl (C=O) groups is 1. The summed E-state index contributed by atoms with van der Waals surface area (Å²) in [5.74, 6) is 1.62. The molecule has 0 spiro atoms. The second kappa shape index (κ2) is 7.10. The number of nitrogens with zero attached hydrogens (tertiary/aromatic N) is 2. The van der Waals surface area contributed by atoms with E-state index >= 15 is 0 Å². The third-order valence-corrected chi connectivity index (χ3v) is 6.04. The third-order valence-electron chi connectivity index (χ3n) is 6.04. The van der Waals surface area contributed by atoms with Crippen LogP contribution in [0.1, 0.15) is 48.0 Å². The van der Waals surface area contributed by atoms with Crippen LogP contribution in [0.4, 0.5) is 5.82 Å². The highest BCUT2D eigenvalue weighted by atomic mass is 16.5. The molecule has 2 aliphatic rings. The van der Waals surface area contributed by atoms with Crippen molar-refractivity contribution in [2.75, 3.05) is 25.1 Å². The van der Waals surface area contributed by atoms with E-state index < -0.39 is 0 Å². The number of rotatable bonds is 5. The summed E-state index contributed by atoms with van der Waals surface area (Å²) in [6.45, 7) is 2.19. The first-order valence-corrected chi connectivity index (χ1v) is 9.55. The van der Waals surface area contributed by atoms with Gasteiger partial charge in [-0.2, -0.15) is 0 Å². The summed E-state index contributed by atoms with van der Waals surface area (Å²) in [5, 5.41) is 0. The lowest BCUT2D eigenvalue weighted by atomic mass is 9.81. The zero-order valence-electron chi connectivity index (χ0n) is 15.4. The van der Waals surface area contributed by atoms with E-state index in [1.54, 1.807) is 0 Å². The van der Waals surface area contributed by atoms with E-state index in [0.29, 0.717) is 11.0 Å². The van der Waals surface area contributed by atoms with Gasteiger partial charge in [0.1, 0.15) is 5.82 Å². The van der Waals surface area contributed by atoms with E-state index in [9.17, 15) is 4.79 Å². The lowest BCUT2D eigenvalue weighted by Crippen LogP contribution is -2.35. The van der Waals surface area contributed by atoms with Crippen molar-refractivity contribution in [1.29, 1.82) is 0 Å². The van der Waals surface area contributed by atoms with Crippen LogP contribution < -0.4 is 4.90 Å². The molecule has 2 heterocycles. The molecule has 26 heavy (non-hydrogen) atoms. The molecule has 4 rings (SSSR count). The third kappa shape index (κ3) is 3.46. The van der Waals surface area contributed by atoms with Crippen molar-refractivity contribution in [3.63, 3.8) is 0 Å². The Morgan fingerprint density at radius 3 is 2.46 bits per heavy atom. The lowest BCUT2D eigenvalue weighted by molar-refractivity contribution is 0.0600. The number of aromatic nitrogens is 1. The maximum atomic E-state index is 11.6. The minimum atomic E-state index is -0.261. The summed E-state index contributed by atoms with van der Waals surface area (Å²) in [6.07, 6.45) is 8.15. The Kier molecular flexibility index (Phi) is 4.66. The van der Waals surface area contributed by atoms with Gasteiger partial charge in [0, 0.05) is 19.3 Å². The number of ether oxygens (including phenoxy) is 1. The van der Waals surface area contributed by atoms with Crippen molar-refractivity contribution in [2.45, 2.75) is 37.5 Å². The van der Waals surface area contributed by atoms with Crippen molar-refractivity contribution >= 4 is 11.8 Å². The van der Waals surface area contributed by atoms with Gasteiger partial charge in [-0.15, -0.1) is 0 Å². The summed E-state index contributed by atoms with van der Waals surface area (Å²) in [6, 6.07) is 14.2. The van der Waals surface area contributed by atoms with Gasteiger partial charge in [0.05, 0.1) is 12.7 Å². The highest BCUT2D eigenvalue weighted by Gasteiger charge is 2.45. The van der Waals surface area contributed by atoms with Gasteiger partial charge in [-0.25, -0.2) is 9.78 Å². The molecule has 4 nitrogen and oxygen atoms in total. The van der Waals surface area contributed by atoms with Crippen LogP contribution in [0.2, 0.25) is 0 Å². The van der Waals surface area contributed by atoms with Crippen molar-refractivity contribution in [3.05, 3.63) is 59.8 Å². The van der Waals surface area contributed by atoms with Gasteiger partial charge in [-0.1, -0.05) is 18.2 Å². The zero-order chi connectivity index (χ0) is 18.0. The molecule has 1 aromatic heterocycles. The molecule has 4 heteroatoms. The van der Waals surface area contributed by atoms with Gasteiger partial charge in [0.15, 0.2) is 0 Å². The SMILES string of the molecule is COC(=O)c1ccc(C2(CC3CCN(c4ccccn4)CC3)CC2)cc1. The van der Waals surface area contributed by atoms with E-state index in [2.05, 4.69) is 34.1 Å². The minimum Gasteiger partial charge on any atom is -0.465 e. The average molecular weight is 350 g/mol. The molecular formula is C22H26N2O2. The number of benzene rings is 1. The Bertz CT molecular complexity index is 745. The van der Waals surface area contributed by atoms with Crippen molar-refractivity contribution in [3.8, 4) is 0 Å². The molecule has 1 aliphatic heterocycles. The second-order valence-corrected chi connectivity index (χ2v) is 7.67. The molecule has 0 unspecified atom stereocenters. The molecule has 0 radical (unpaired) electrons.